The van der Waals surface area contributed by atoms with Gasteiger partial charge in [0.1, 0.15) is 0 Å². The lowest BCUT2D eigenvalue weighted by molar-refractivity contribution is -0.136. The fourth-order valence-corrected chi connectivity index (χ4v) is 5.81. The molecule has 3 aromatic carbocycles. The van der Waals surface area contributed by atoms with E-state index >= 15 is 0 Å². The second kappa shape index (κ2) is 12.6. The summed E-state index contributed by atoms with van der Waals surface area (Å²) in [6, 6.07) is 22.2. The highest BCUT2D eigenvalue weighted by molar-refractivity contribution is 7.89. The molecule has 0 heterocycles. The Morgan fingerprint density at radius 1 is 0.900 bits per heavy atom. The Hall–Kier alpha value is -3.04. The van der Waals surface area contributed by atoms with E-state index in [-0.39, 0.29) is 35.4 Å². The van der Waals surface area contributed by atoms with Crippen molar-refractivity contribution in [3.05, 3.63) is 89.5 Å². The molecule has 0 saturated carbocycles. The number of aliphatic hydroxyl groups excluding tert-OH is 1. The van der Waals surface area contributed by atoms with E-state index < -0.39 is 22.1 Å². The molecule has 0 bridgehead atoms. The fourth-order valence-electron chi connectivity index (χ4n) is 4.55. The molecular weight excluding hydrogens is 524 g/mol. The Morgan fingerprint density at radius 2 is 1.50 bits per heavy atom. The molecule has 0 aliphatic rings. The summed E-state index contributed by atoms with van der Waals surface area (Å²) in [5, 5.41) is 23.0. The Kier molecular flexibility index (Phi) is 9.95. The number of sulfonamides is 1. The molecule has 0 radical (unpaired) electrons. The second-order valence-electron chi connectivity index (χ2n) is 12.1. The van der Waals surface area contributed by atoms with E-state index in [2.05, 4.69) is 64.2 Å². The molecule has 3 N–H and O–H groups in total. The smallest absolute Gasteiger partial charge is 0.307 e. The Bertz CT molecular complexity index is 1390. The van der Waals surface area contributed by atoms with Gasteiger partial charge in [-0.25, -0.2) is 8.42 Å². The quantitative estimate of drug-likeness (QED) is 0.289. The van der Waals surface area contributed by atoms with Crippen LogP contribution in [0.25, 0.3) is 11.1 Å². The van der Waals surface area contributed by atoms with E-state index in [1.165, 1.54) is 28.5 Å². The molecule has 0 spiro atoms. The normalized spacial score (nSPS) is 13.4. The van der Waals surface area contributed by atoms with Crippen molar-refractivity contribution in [3.8, 4) is 11.1 Å². The number of benzene rings is 3. The number of aliphatic carboxylic acids is 1. The predicted octanol–water partition coefficient (Wildman–Crippen LogP) is 4.87. The topological polar surface area (TPSA) is 107 Å². The summed E-state index contributed by atoms with van der Waals surface area (Å²) in [7, 11) is -2.37. The minimum absolute atomic E-state index is 0.0557. The lowest BCUT2D eigenvalue weighted by atomic mass is 9.85. The van der Waals surface area contributed by atoms with Crippen LogP contribution < -0.4 is 5.32 Å². The molecule has 1 atom stereocenters. The number of hydrogen-bond acceptors (Lipinski definition) is 5. The van der Waals surface area contributed by atoms with Gasteiger partial charge in [0.05, 0.1) is 17.4 Å². The van der Waals surface area contributed by atoms with E-state index in [4.69, 9.17) is 5.11 Å². The van der Waals surface area contributed by atoms with E-state index in [1.54, 1.807) is 36.4 Å². The summed E-state index contributed by atoms with van der Waals surface area (Å²) in [5.41, 5.74) is 4.43. The van der Waals surface area contributed by atoms with Crippen LogP contribution in [0.5, 0.6) is 0 Å². The SMILES string of the molecule is CN(C[C@H](O)CNC(C)(C)Cc1ccc(C(C)(C)C)cc1)S(=O)(=O)c1cccc(-c2ccc(CC(=O)O)cc2)c1. The van der Waals surface area contributed by atoms with Crippen LogP contribution in [-0.2, 0) is 33.1 Å². The lowest BCUT2D eigenvalue weighted by Crippen LogP contribution is -2.47. The largest absolute Gasteiger partial charge is 0.481 e. The summed E-state index contributed by atoms with van der Waals surface area (Å²) in [6.45, 7) is 10.9. The van der Waals surface area contributed by atoms with Gasteiger partial charge in [0.25, 0.3) is 0 Å². The van der Waals surface area contributed by atoms with Crippen molar-refractivity contribution in [1.29, 1.82) is 0 Å². The van der Waals surface area contributed by atoms with Crippen LogP contribution in [0.3, 0.4) is 0 Å². The number of nitrogens with zero attached hydrogens (tertiary/aromatic N) is 1. The van der Waals surface area contributed by atoms with Crippen LogP contribution in [0, 0.1) is 0 Å². The number of nitrogens with one attached hydrogen (secondary N) is 1. The zero-order valence-corrected chi connectivity index (χ0v) is 25.1. The van der Waals surface area contributed by atoms with E-state index in [0.29, 0.717) is 11.1 Å². The number of rotatable bonds is 12. The number of carbonyl (C=O) groups is 1. The number of β-amino-alcohol motifs (C(OH)–C–C–N with tert-alkyl or cyclic N) is 1. The van der Waals surface area contributed by atoms with Gasteiger partial charge in [-0.3, -0.25) is 4.79 Å². The summed E-state index contributed by atoms with van der Waals surface area (Å²) in [6.07, 6.45) is -0.201. The third-order valence-corrected chi connectivity index (χ3v) is 8.75. The Labute approximate surface area is 238 Å². The van der Waals surface area contributed by atoms with Gasteiger partial charge in [-0.1, -0.05) is 81.4 Å². The van der Waals surface area contributed by atoms with Crippen molar-refractivity contribution in [2.24, 2.45) is 0 Å². The highest BCUT2D eigenvalue weighted by Gasteiger charge is 2.25. The first-order valence-corrected chi connectivity index (χ1v) is 14.9. The molecule has 0 aliphatic heterocycles. The molecule has 3 rings (SSSR count). The van der Waals surface area contributed by atoms with Crippen molar-refractivity contribution in [1.82, 2.24) is 9.62 Å². The molecule has 0 fully saturated rings. The summed E-state index contributed by atoms with van der Waals surface area (Å²) in [5.74, 6) is -0.907. The molecule has 216 valence electrons. The van der Waals surface area contributed by atoms with Crippen molar-refractivity contribution in [2.75, 3.05) is 20.1 Å². The molecule has 40 heavy (non-hydrogen) atoms. The lowest BCUT2D eigenvalue weighted by Gasteiger charge is -2.29. The average molecular weight is 567 g/mol. The molecule has 7 nitrogen and oxygen atoms in total. The van der Waals surface area contributed by atoms with Crippen LogP contribution in [0.2, 0.25) is 0 Å². The number of likely N-dealkylation sites (N-methyl/N-ethyl adjacent to an activating group) is 1. The predicted molar refractivity (Wildman–Crippen MR) is 160 cm³/mol. The van der Waals surface area contributed by atoms with Gasteiger partial charge in [0.15, 0.2) is 0 Å². The zero-order chi connectivity index (χ0) is 29.7. The number of carboxylic acids is 1. The minimum Gasteiger partial charge on any atom is -0.481 e. The monoisotopic (exact) mass is 566 g/mol. The maximum absolute atomic E-state index is 13.3. The van der Waals surface area contributed by atoms with Gasteiger partial charge in [-0.15, -0.1) is 0 Å². The number of carboxylic acid groups (broad SMARTS) is 1. The summed E-state index contributed by atoms with van der Waals surface area (Å²) >= 11 is 0. The summed E-state index contributed by atoms with van der Waals surface area (Å²) in [4.78, 5) is 11.1. The van der Waals surface area contributed by atoms with Gasteiger partial charge < -0.3 is 15.5 Å². The third kappa shape index (κ3) is 8.73. The molecule has 0 aromatic heterocycles. The molecule has 0 amide bonds. The second-order valence-corrected chi connectivity index (χ2v) is 14.2. The molecule has 8 heteroatoms. The molecule has 0 unspecified atom stereocenters. The van der Waals surface area contributed by atoms with Gasteiger partial charge in [-0.05, 0) is 65.6 Å². The first-order valence-electron chi connectivity index (χ1n) is 13.5. The zero-order valence-electron chi connectivity index (χ0n) is 24.3. The van der Waals surface area contributed by atoms with Crippen molar-refractivity contribution in [2.45, 2.75) is 69.4 Å². The summed E-state index contributed by atoms with van der Waals surface area (Å²) < 4.78 is 27.8. The van der Waals surface area contributed by atoms with E-state index in [0.717, 1.165) is 12.0 Å². The minimum atomic E-state index is -3.84. The first kappa shape index (κ1) is 31.5. The molecule has 3 aromatic rings. The Balaban J connectivity index is 1.60. The first-order chi connectivity index (χ1) is 18.6. The van der Waals surface area contributed by atoms with Gasteiger partial charge in [0.2, 0.25) is 10.0 Å². The molecular formula is C32H42N2O5S. The highest BCUT2D eigenvalue weighted by Crippen LogP contribution is 2.25. The van der Waals surface area contributed by atoms with Crippen LogP contribution in [0.1, 0.15) is 51.3 Å². The van der Waals surface area contributed by atoms with Gasteiger partial charge in [-0.2, -0.15) is 4.31 Å². The highest BCUT2D eigenvalue weighted by atomic mass is 32.2. The van der Waals surface area contributed by atoms with E-state index in [1.807, 2.05) is 6.07 Å². The van der Waals surface area contributed by atoms with Gasteiger partial charge in [0, 0.05) is 25.7 Å². The number of hydrogen-bond donors (Lipinski definition) is 3. The van der Waals surface area contributed by atoms with Crippen molar-refractivity contribution < 1.29 is 23.4 Å². The fraction of sp³-hybridized carbons (Fsp3) is 0.406. The van der Waals surface area contributed by atoms with Crippen LogP contribution in [-0.4, -0.2) is 60.7 Å². The van der Waals surface area contributed by atoms with Crippen molar-refractivity contribution >= 4 is 16.0 Å². The Morgan fingerprint density at radius 3 is 2.08 bits per heavy atom. The van der Waals surface area contributed by atoms with Gasteiger partial charge >= 0.3 is 5.97 Å². The molecule has 0 aliphatic carbocycles. The average Bonchev–Trinajstić information content (AvgIpc) is 2.87. The maximum Gasteiger partial charge on any atom is 0.307 e. The van der Waals surface area contributed by atoms with Crippen LogP contribution in [0.15, 0.2) is 77.7 Å². The van der Waals surface area contributed by atoms with Crippen LogP contribution in [0.4, 0.5) is 0 Å². The van der Waals surface area contributed by atoms with E-state index in [9.17, 15) is 18.3 Å². The van der Waals surface area contributed by atoms with Crippen molar-refractivity contribution in [3.63, 3.8) is 0 Å². The standard InChI is InChI=1S/C32H42N2O5S/c1-31(2,3)27-16-12-24(13-17-27)20-32(4,5)33-21-28(35)22-34(6)40(38,39)29-9-7-8-26(19-29)25-14-10-23(11-15-25)18-30(36)37/h7-17,19,28,33,35H,18,20-22H2,1-6H3,(H,36,37)/t28-/m1/s1. The molecule has 0 saturated heterocycles. The van der Waals surface area contributed by atoms with Crippen LogP contribution >= 0.6 is 0 Å². The third-order valence-electron chi connectivity index (χ3n) is 6.93. The number of aliphatic hydroxyl groups is 1. The maximum atomic E-state index is 13.3.